The minimum absolute atomic E-state index is 0.117. The molecule has 1 aromatic heterocycles. The number of hydrazone groups is 1. The van der Waals surface area contributed by atoms with Gasteiger partial charge in [0.25, 0.3) is 0 Å². The van der Waals surface area contributed by atoms with E-state index in [9.17, 15) is 10.1 Å². The third-order valence-corrected chi connectivity index (χ3v) is 2.92. The number of nitrogens with one attached hydrogen (secondary N) is 1. The lowest BCUT2D eigenvalue weighted by atomic mass is 10.3. The molecule has 2 aromatic rings. The van der Waals surface area contributed by atoms with Gasteiger partial charge in [-0.15, -0.1) is 0 Å². The van der Waals surface area contributed by atoms with E-state index in [0.29, 0.717) is 0 Å². The summed E-state index contributed by atoms with van der Waals surface area (Å²) in [6.07, 6.45) is 1.56. The molecule has 0 bridgehead atoms. The highest BCUT2D eigenvalue weighted by atomic mass is 32.1. The number of nitrogens with zero attached hydrogens (tertiary/aromatic N) is 2. The van der Waals surface area contributed by atoms with Gasteiger partial charge in [-0.05, 0) is 18.2 Å². The van der Waals surface area contributed by atoms with Crippen molar-refractivity contribution in [3.8, 4) is 0 Å². The van der Waals surface area contributed by atoms with Gasteiger partial charge in [0.05, 0.1) is 21.7 Å². The second-order valence-corrected chi connectivity index (χ2v) is 4.26. The molecule has 86 valence electrons. The van der Waals surface area contributed by atoms with E-state index in [4.69, 9.17) is 0 Å². The van der Waals surface area contributed by atoms with Crippen LogP contribution in [0.25, 0.3) is 0 Å². The molecule has 0 aliphatic rings. The summed E-state index contributed by atoms with van der Waals surface area (Å²) in [6.45, 7) is 0. The number of benzene rings is 1. The van der Waals surface area contributed by atoms with Crippen molar-refractivity contribution in [1.82, 2.24) is 0 Å². The average molecular weight is 247 g/mol. The van der Waals surface area contributed by atoms with Crippen LogP contribution in [0.2, 0.25) is 0 Å². The molecule has 0 saturated carbocycles. The Morgan fingerprint density at radius 2 is 2.00 bits per heavy atom. The number of para-hydroxylation sites is 1. The summed E-state index contributed by atoms with van der Waals surface area (Å²) in [4.78, 5) is 10.8. The lowest BCUT2D eigenvalue weighted by molar-refractivity contribution is -0.380. The third-order valence-electron chi connectivity index (χ3n) is 1.95. The van der Waals surface area contributed by atoms with Gasteiger partial charge in [-0.25, -0.2) is 0 Å². The highest BCUT2D eigenvalue weighted by Crippen LogP contribution is 2.22. The highest BCUT2D eigenvalue weighted by Gasteiger charge is 2.07. The van der Waals surface area contributed by atoms with Gasteiger partial charge in [-0.1, -0.05) is 29.5 Å². The number of hydrogen-bond donors (Lipinski definition) is 1. The average Bonchev–Trinajstić information content (AvgIpc) is 2.79. The molecule has 0 aliphatic carbocycles. The molecule has 1 aromatic carbocycles. The molecule has 0 aliphatic heterocycles. The lowest BCUT2D eigenvalue weighted by Crippen LogP contribution is -1.88. The normalized spacial score (nSPS) is 10.6. The van der Waals surface area contributed by atoms with E-state index in [0.717, 1.165) is 21.9 Å². The van der Waals surface area contributed by atoms with Crippen LogP contribution in [0, 0.1) is 10.1 Å². The van der Waals surface area contributed by atoms with Crippen molar-refractivity contribution >= 4 is 28.2 Å². The molecule has 5 nitrogen and oxygen atoms in total. The van der Waals surface area contributed by atoms with Crippen molar-refractivity contribution in [2.75, 3.05) is 5.43 Å². The van der Waals surface area contributed by atoms with Gasteiger partial charge in [-0.2, -0.15) is 5.10 Å². The van der Waals surface area contributed by atoms with E-state index in [1.54, 1.807) is 12.3 Å². The zero-order chi connectivity index (χ0) is 12.1. The van der Waals surface area contributed by atoms with E-state index in [2.05, 4.69) is 10.5 Å². The zero-order valence-corrected chi connectivity index (χ0v) is 9.55. The van der Waals surface area contributed by atoms with Gasteiger partial charge < -0.3 is 0 Å². The van der Waals surface area contributed by atoms with Crippen LogP contribution in [0.5, 0.6) is 0 Å². The fourth-order valence-electron chi connectivity index (χ4n) is 1.19. The van der Waals surface area contributed by atoms with E-state index in [1.807, 2.05) is 30.3 Å². The Labute approximate surface area is 102 Å². The molecule has 0 unspecified atom stereocenters. The molecule has 6 heteroatoms. The van der Waals surface area contributed by atoms with E-state index < -0.39 is 4.92 Å². The number of hydrogen-bond acceptors (Lipinski definition) is 5. The van der Waals surface area contributed by atoms with Crippen molar-refractivity contribution in [2.45, 2.75) is 0 Å². The quantitative estimate of drug-likeness (QED) is 0.512. The number of thiophene rings is 1. The van der Waals surface area contributed by atoms with Crippen molar-refractivity contribution in [3.05, 3.63) is 57.5 Å². The molecular formula is C11H9N3O2S. The van der Waals surface area contributed by atoms with Gasteiger partial charge in [0.1, 0.15) is 0 Å². The van der Waals surface area contributed by atoms with Crippen LogP contribution in [0.15, 0.2) is 47.6 Å². The number of rotatable bonds is 4. The first-order chi connectivity index (χ1) is 8.25. The van der Waals surface area contributed by atoms with Crippen LogP contribution in [-0.4, -0.2) is 11.1 Å². The first-order valence-corrected chi connectivity index (χ1v) is 5.66. The molecule has 0 radical (unpaired) electrons. The number of anilines is 1. The predicted molar refractivity (Wildman–Crippen MR) is 68.6 cm³/mol. The molecule has 0 fully saturated rings. The van der Waals surface area contributed by atoms with Crippen LogP contribution in [0.1, 0.15) is 4.88 Å². The van der Waals surface area contributed by atoms with Crippen molar-refractivity contribution in [1.29, 1.82) is 0 Å². The highest BCUT2D eigenvalue weighted by molar-refractivity contribution is 7.16. The third kappa shape index (κ3) is 3.12. The summed E-state index contributed by atoms with van der Waals surface area (Å²) < 4.78 is 0. The summed E-state index contributed by atoms with van der Waals surface area (Å²) in [5.74, 6) is 0. The molecule has 0 spiro atoms. The van der Waals surface area contributed by atoms with Gasteiger partial charge in [0.15, 0.2) is 0 Å². The Hall–Kier alpha value is -2.21. The van der Waals surface area contributed by atoms with Gasteiger partial charge in [0, 0.05) is 6.07 Å². The molecule has 0 amide bonds. The second-order valence-electron chi connectivity index (χ2n) is 3.17. The standard InChI is InChI=1S/C11H9N3O2S/c15-14(16)11-7-6-10(17-11)8-12-13-9-4-2-1-3-5-9/h1-8,13H. The van der Waals surface area contributed by atoms with Crippen molar-refractivity contribution < 1.29 is 4.92 Å². The van der Waals surface area contributed by atoms with Crippen LogP contribution < -0.4 is 5.43 Å². The van der Waals surface area contributed by atoms with Gasteiger partial charge in [-0.3, -0.25) is 15.5 Å². The summed E-state index contributed by atoms with van der Waals surface area (Å²) >= 11 is 1.09. The topological polar surface area (TPSA) is 67.5 Å². The van der Waals surface area contributed by atoms with Crippen LogP contribution in [-0.2, 0) is 0 Å². The van der Waals surface area contributed by atoms with E-state index in [-0.39, 0.29) is 5.00 Å². The maximum absolute atomic E-state index is 10.5. The predicted octanol–water partition coefficient (Wildman–Crippen LogP) is 3.10. The van der Waals surface area contributed by atoms with Crippen LogP contribution in [0.3, 0.4) is 0 Å². The Bertz CT molecular complexity index is 537. The summed E-state index contributed by atoms with van der Waals surface area (Å²) in [5.41, 5.74) is 3.71. The van der Waals surface area contributed by atoms with Crippen molar-refractivity contribution in [2.24, 2.45) is 5.10 Å². The van der Waals surface area contributed by atoms with Crippen molar-refractivity contribution in [3.63, 3.8) is 0 Å². The Balaban J connectivity index is 1.98. The van der Waals surface area contributed by atoms with Crippen LogP contribution >= 0.6 is 11.3 Å². The second kappa shape index (κ2) is 5.22. The molecule has 0 saturated heterocycles. The van der Waals surface area contributed by atoms with E-state index in [1.165, 1.54) is 6.07 Å². The number of nitro groups is 1. The summed E-state index contributed by atoms with van der Waals surface area (Å²) in [5, 5.41) is 14.6. The zero-order valence-electron chi connectivity index (χ0n) is 8.74. The Kier molecular flexibility index (Phi) is 3.46. The minimum Gasteiger partial charge on any atom is -0.278 e. The Morgan fingerprint density at radius 1 is 1.24 bits per heavy atom. The molecular weight excluding hydrogens is 238 g/mol. The maximum atomic E-state index is 10.5. The summed E-state index contributed by atoms with van der Waals surface area (Å²) in [6, 6.07) is 12.6. The molecule has 1 N–H and O–H groups in total. The molecule has 0 atom stereocenters. The minimum atomic E-state index is -0.410. The maximum Gasteiger partial charge on any atom is 0.324 e. The molecule has 2 rings (SSSR count). The largest absolute Gasteiger partial charge is 0.324 e. The van der Waals surface area contributed by atoms with E-state index >= 15 is 0 Å². The van der Waals surface area contributed by atoms with Crippen LogP contribution in [0.4, 0.5) is 10.7 Å². The lowest BCUT2D eigenvalue weighted by Gasteiger charge is -1.96. The van der Waals surface area contributed by atoms with Gasteiger partial charge in [0.2, 0.25) is 0 Å². The monoisotopic (exact) mass is 247 g/mol. The SMILES string of the molecule is O=[N+]([O-])c1ccc(C=NNc2ccccc2)s1. The molecule has 17 heavy (non-hydrogen) atoms. The first kappa shape index (κ1) is 11.3. The first-order valence-electron chi connectivity index (χ1n) is 4.84. The fraction of sp³-hybridized carbons (Fsp3) is 0. The molecule has 1 heterocycles. The van der Waals surface area contributed by atoms with Gasteiger partial charge >= 0.3 is 5.00 Å². The fourth-order valence-corrected chi connectivity index (χ4v) is 1.89. The summed E-state index contributed by atoms with van der Waals surface area (Å²) in [7, 11) is 0. The smallest absolute Gasteiger partial charge is 0.278 e. The Morgan fingerprint density at radius 3 is 2.65 bits per heavy atom.